The molecule has 0 aromatic heterocycles. The number of likely N-dealkylation sites (N-methyl/N-ethyl adjacent to an activating group) is 1. The molecule has 0 spiro atoms. The van der Waals surface area contributed by atoms with Gasteiger partial charge in [0, 0.05) is 24.3 Å². The Morgan fingerprint density at radius 3 is 2.82 bits per heavy atom. The molecule has 0 fully saturated rings. The molecule has 2 heteroatoms. The molecule has 1 aromatic carbocycles. The Kier molecular flexibility index (Phi) is 4.06. The highest BCUT2D eigenvalue weighted by atomic mass is 15.2. The Labute approximate surface area is 105 Å². The number of anilines is 1. The maximum absolute atomic E-state index is 3.56. The quantitative estimate of drug-likeness (QED) is 0.858. The summed E-state index contributed by atoms with van der Waals surface area (Å²) in [5.41, 5.74) is 2.79. The average Bonchev–Trinajstić information content (AvgIpc) is 2.39. The van der Waals surface area contributed by atoms with E-state index in [9.17, 15) is 0 Å². The van der Waals surface area contributed by atoms with Crippen LogP contribution >= 0.6 is 0 Å². The van der Waals surface area contributed by atoms with E-state index in [0.29, 0.717) is 12.1 Å². The van der Waals surface area contributed by atoms with E-state index in [-0.39, 0.29) is 0 Å². The molecular formula is C15H24N2. The maximum Gasteiger partial charge on any atom is 0.0373 e. The minimum absolute atomic E-state index is 0.643. The topological polar surface area (TPSA) is 15.3 Å². The van der Waals surface area contributed by atoms with Gasteiger partial charge in [-0.15, -0.1) is 0 Å². The van der Waals surface area contributed by atoms with Gasteiger partial charge in [0.25, 0.3) is 0 Å². The molecule has 0 saturated heterocycles. The van der Waals surface area contributed by atoms with Crippen LogP contribution in [-0.2, 0) is 6.42 Å². The van der Waals surface area contributed by atoms with Gasteiger partial charge in [0.05, 0.1) is 0 Å². The number of para-hydroxylation sites is 1. The molecule has 94 valence electrons. The van der Waals surface area contributed by atoms with Crippen LogP contribution in [0.1, 0.15) is 32.8 Å². The van der Waals surface area contributed by atoms with Crippen molar-refractivity contribution in [2.24, 2.45) is 0 Å². The second-order valence-electron chi connectivity index (χ2n) is 4.98. The molecule has 17 heavy (non-hydrogen) atoms. The minimum atomic E-state index is 0.643. The van der Waals surface area contributed by atoms with E-state index in [2.05, 4.69) is 55.3 Å². The van der Waals surface area contributed by atoms with E-state index in [0.717, 1.165) is 13.1 Å². The zero-order valence-electron chi connectivity index (χ0n) is 11.2. The second kappa shape index (κ2) is 5.54. The van der Waals surface area contributed by atoms with Gasteiger partial charge in [0.1, 0.15) is 0 Å². The Morgan fingerprint density at radius 1 is 1.35 bits per heavy atom. The molecule has 0 saturated carbocycles. The SMILES string of the molecule is CCC(C)N(CC)C1CNc2ccccc2C1. The normalized spacial score (nSPS) is 20.8. The minimum Gasteiger partial charge on any atom is -0.383 e. The molecule has 0 bridgehead atoms. The van der Waals surface area contributed by atoms with Crippen LogP contribution in [0.3, 0.4) is 0 Å². The molecular weight excluding hydrogens is 208 g/mol. The smallest absolute Gasteiger partial charge is 0.0373 e. The number of hydrogen-bond acceptors (Lipinski definition) is 2. The molecule has 1 aliphatic heterocycles. The average molecular weight is 232 g/mol. The Morgan fingerprint density at radius 2 is 2.12 bits per heavy atom. The summed E-state index contributed by atoms with van der Waals surface area (Å²) in [6.45, 7) is 9.10. The van der Waals surface area contributed by atoms with Crippen molar-refractivity contribution in [1.82, 2.24) is 4.90 Å². The fourth-order valence-corrected chi connectivity index (χ4v) is 2.82. The summed E-state index contributed by atoms with van der Waals surface area (Å²) < 4.78 is 0. The third kappa shape index (κ3) is 2.63. The third-order valence-corrected chi connectivity index (χ3v) is 3.99. The molecule has 0 radical (unpaired) electrons. The fraction of sp³-hybridized carbons (Fsp3) is 0.600. The van der Waals surface area contributed by atoms with Crippen LogP contribution < -0.4 is 5.32 Å². The molecule has 1 heterocycles. The molecule has 1 aliphatic rings. The summed E-state index contributed by atoms with van der Waals surface area (Å²) >= 11 is 0. The molecule has 2 atom stereocenters. The van der Waals surface area contributed by atoms with Gasteiger partial charge in [0.2, 0.25) is 0 Å². The molecule has 1 aromatic rings. The lowest BCUT2D eigenvalue weighted by molar-refractivity contribution is 0.151. The lowest BCUT2D eigenvalue weighted by Gasteiger charge is -2.38. The zero-order chi connectivity index (χ0) is 12.3. The van der Waals surface area contributed by atoms with Gasteiger partial charge in [-0.25, -0.2) is 0 Å². The van der Waals surface area contributed by atoms with Crippen molar-refractivity contribution in [3.8, 4) is 0 Å². The fourth-order valence-electron chi connectivity index (χ4n) is 2.82. The van der Waals surface area contributed by atoms with Gasteiger partial charge in [-0.1, -0.05) is 32.0 Å². The van der Waals surface area contributed by atoms with E-state index in [1.54, 1.807) is 0 Å². The number of nitrogens with zero attached hydrogens (tertiary/aromatic N) is 1. The van der Waals surface area contributed by atoms with E-state index >= 15 is 0 Å². The van der Waals surface area contributed by atoms with Crippen molar-refractivity contribution in [3.63, 3.8) is 0 Å². The molecule has 2 unspecified atom stereocenters. The molecule has 2 nitrogen and oxygen atoms in total. The van der Waals surface area contributed by atoms with Gasteiger partial charge in [-0.2, -0.15) is 0 Å². The summed E-state index contributed by atoms with van der Waals surface area (Å²) in [7, 11) is 0. The van der Waals surface area contributed by atoms with Crippen LogP contribution in [0, 0.1) is 0 Å². The number of nitrogens with one attached hydrogen (secondary N) is 1. The van der Waals surface area contributed by atoms with Crippen LogP contribution in [0.4, 0.5) is 5.69 Å². The Balaban J connectivity index is 2.10. The number of benzene rings is 1. The van der Waals surface area contributed by atoms with Crippen LogP contribution in [0.15, 0.2) is 24.3 Å². The highest BCUT2D eigenvalue weighted by molar-refractivity contribution is 5.53. The van der Waals surface area contributed by atoms with E-state index in [1.165, 1.54) is 24.1 Å². The van der Waals surface area contributed by atoms with Crippen molar-refractivity contribution in [1.29, 1.82) is 0 Å². The van der Waals surface area contributed by atoms with E-state index in [4.69, 9.17) is 0 Å². The zero-order valence-corrected chi connectivity index (χ0v) is 11.2. The summed E-state index contributed by atoms with van der Waals surface area (Å²) in [6, 6.07) is 10.0. The van der Waals surface area contributed by atoms with Crippen molar-refractivity contribution in [2.45, 2.75) is 45.7 Å². The third-order valence-electron chi connectivity index (χ3n) is 3.99. The first kappa shape index (κ1) is 12.4. The number of fused-ring (bicyclic) bond motifs is 1. The molecule has 0 aliphatic carbocycles. The first-order chi connectivity index (χ1) is 8.26. The predicted molar refractivity (Wildman–Crippen MR) is 74.6 cm³/mol. The molecule has 2 rings (SSSR count). The van der Waals surface area contributed by atoms with Gasteiger partial charge >= 0.3 is 0 Å². The van der Waals surface area contributed by atoms with E-state index < -0.39 is 0 Å². The lowest BCUT2D eigenvalue weighted by Crippen LogP contribution is -2.47. The van der Waals surface area contributed by atoms with Crippen LogP contribution in [-0.4, -0.2) is 30.1 Å². The van der Waals surface area contributed by atoms with Gasteiger partial charge in [0.15, 0.2) is 0 Å². The van der Waals surface area contributed by atoms with Gasteiger partial charge in [-0.05, 0) is 37.9 Å². The summed E-state index contributed by atoms with van der Waals surface area (Å²) in [6.07, 6.45) is 2.41. The van der Waals surface area contributed by atoms with Crippen molar-refractivity contribution < 1.29 is 0 Å². The largest absolute Gasteiger partial charge is 0.383 e. The first-order valence-electron chi connectivity index (χ1n) is 6.83. The number of hydrogen-bond donors (Lipinski definition) is 1. The van der Waals surface area contributed by atoms with Crippen molar-refractivity contribution in [3.05, 3.63) is 29.8 Å². The molecule has 0 amide bonds. The summed E-state index contributed by atoms with van der Waals surface area (Å²) in [5, 5.41) is 3.56. The Hall–Kier alpha value is -1.02. The highest BCUT2D eigenvalue weighted by Gasteiger charge is 2.25. The van der Waals surface area contributed by atoms with E-state index in [1.807, 2.05) is 0 Å². The number of rotatable bonds is 4. The standard InChI is InChI=1S/C15H24N2/c1-4-12(3)17(5-2)14-10-13-8-6-7-9-15(13)16-11-14/h6-9,12,14,16H,4-5,10-11H2,1-3H3. The van der Waals surface area contributed by atoms with Crippen LogP contribution in [0.2, 0.25) is 0 Å². The lowest BCUT2D eigenvalue weighted by atomic mass is 9.97. The van der Waals surface area contributed by atoms with Crippen LogP contribution in [0.5, 0.6) is 0 Å². The maximum atomic E-state index is 3.56. The van der Waals surface area contributed by atoms with Gasteiger partial charge in [-0.3, -0.25) is 4.90 Å². The van der Waals surface area contributed by atoms with Gasteiger partial charge < -0.3 is 5.32 Å². The predicted octanol–water partition coefficient (Wildman–Crippen LogP) is 3.14. The van der Waals surface area contributed by atoms with Crippen molar-refractivity contribution >= 4 is 5.69 Å². The van der Waals surface area contributed by atoms with Crippen molar-refractivity contribution in [2.75, 3.05) is 18.4 Å². The summed E-state index contributed by atoms with van der Waals surface area (Å²) in [4.78, 5) is 2.63. The monoisotopic (exact) mass is 232 g/mol. The molecule has 1 N–H and O–H groups in total. The Bertz CT molecular complexity index is 362. The van der Waals surface area contributed by atoms with Crippen LogP contribution in [0.25, 0.3) is 0 Å². The highest BCUT2D eigenvalue weighted by Crippen LogP contribution is 2.24. The summed E-state index contributed by atoms with van der Waals surface area (Å²) in [5.74, 6) is 0. The first-order valence-corrected chi connectivity index (χ1v) is 6.83. The second-order valence-corrected chi connectivity index (χ2v) is 4.98.